The predicted octanol–water partition coefficient (Wildman–Crippen LogP) is 1.55. The third-order valence-corrected chi connectivity index (χ3v) is 8.57. The lowest BCUT2D eigenvalue weighted by molar-refractivity contribution is -0.136. The number of Topliss-reactive ketones (excluding diaryl/α,β-unsaturated/α-hetero) is 1. The second kappa shape index (κ2) is 12.4. The molecule has 4 heterocycles. The number of carbonyl (C=O) groups excluding carboxylic acids is 5. The fourth-order valence-electron chi connectivity index (χ4n) is 6.21. The second-order valence-electron chi connectivity index (χ2n) is 11.5. The van der Waals surface area contributed by atoms with Crippen molar-refractivity contribution in [2.45, 2.75) is 38.1 Å². The summed E-state index contributed by atoms with van der Waals surface area (Å²) in [5, 5.41) is 20.7. The molecule has 13 heteroatoms. The van der Waals surface area contributed by atoms with Gasteiger partial charge < -0.3 is 15.7 Å². The maximum atomic E-state index is 13.3. The Kier molecular flexibility index (Phi) is 8.26. The number of nitrogens with one attached hydrogen (secondary N) is 1. The molecule has 0 bridgehead atoms. The molecule has 0 saturated carbocycles. The van der Waals surface area contributed by atoms with E-state index in [0.29, 0.717) is 48.6 Å². The van der Waals surface area contributed by atoms with Crippen molar-refractivity contribution in [2.75, 3.05) is 43.4 Å². The van der Waals surface area contributed by atoms with Crippen LogP contribution in [0.25, 0.3) is 11.3 Å². The molecule has 1 atom stereocenters. The summed E-state index contributed by atoms with van der Waals surface area (Å²) in [6.45, 7) is 3.67. The van der Waals surface area contributed by atoms with E-state index < -0.39 is 29.7 Å². The molecule has 3 aliphatic rings. The Bertz CT molecular complexity index is 1700. The van der Waals surface area contributed by atoms with E-state index in [1.165, 1.54) is 6.07 Å². The van der Waals surface area contributed by atoms with E-state index in [2.05, 4.69) is 25.3 Å². The highest BCUT2D eigenvalue weighted by Gasteiger charge is 2.45. The molecule has 4 N–H and O–H groups in total. The number of anilines is 2. The molecule has 4 amide bonds. The first-order valence-electron chi connectivity index (χ1n) is 15.0. The Morgan fingerprint density at radius 3 is 2.47 bits per heavy atom. The summed E-state index contributed by atoms with van der Waals surface area (Å²) in [4.78, 5) is 68.6. The number of nitrogens with zero attached hydrogens (tertiary/aromatic N) is 5. The molecule has 3 aromatic rings. The number of fused-ring (bicyclic) bond motifs is 1. The molecule has 1 unspecified atom stereocenters. The van der Waals surface area contributed by atoms with Gasteiger partial charge in [-0.3, -0.25) is 39.1 Å². The van der Waals surface area contributed by atoms with Gasteiger partial charge in [0.15, 0.2) is 5.82 Å². The minimum Gasteiger partial charge on any atom is -0.507 e. The number of benzene rings is 2. The fraction of sp³-hybridized carbons (Fsp3) is 0.344. The van der Waals surface area contributed by atoms with Gasteiger partial charge in [0.05, 0.1) is 22.5 Å². The van der Waals surface area contributed by atoms with Crippen LogP contribution in [0.2, 0.25) is 0 Å². The highest BCUT2D eigenvalue weighted by molar-refractivity contribution is 6.24. The molecule has 2 saturated heterocycles. The molecule has 13 nitrogen and oxygen atoms in total. The number of phenolic OH excluding ortho intramolecular Hbond substituents is 1. The number of piperazine rings is 1. The van der Waals surface area contributed by atoms with Gasteiger partial charge in [0.1, 0.15) is 17.6 Å². The molecule has 0 radical (unpaired) electrons. The number of aromatic hydroxyl groups is 1. The van der Waals surface area contributed by atoms with Crippen LogP contribution in [0.1, 0.15) is 52.0 Å². The van der Waals surface area contributed by atoms with E-state index in [4.69, 9.17) is 5.73 Å². The average Bonchev–Trinajstić information content (AvgIpc) is 3.28. The molecule has 6 rings (SSSR count). The summed E-state index contributed by atoms with van der Waals surface area (Å²) < 4.78 is 0. The molecular weight excluding hydrogens is 578 g/mol. The van der Waals surface area contributed by atoms with Crippen molar-refractivity contribution >= 4 is 40.9 Å². The SMILES string of the molecule is Nc1nnc(-c2ccccc2O)cc1N1CCN(CCCC(=O)Cc2cccc3c2C(=O)N(C2CCC(=O)NC2=O)C3=O)CC1. The van der Waals surface area contributed by atoms with Crippen LogP contribution in [0.3, 0.4) is 0 Å². The van der Waals surface area contributed by atoms with Crippen molar-refractivity contribution in [3.05, 3.63) is 65.2 Å². The largest absolute Gasteiger partial charge is 0.507 e. The van der Waals surface area contributed by atoms with Crippen LogP contribution in [0, 0.1) is 0 Å². The number of nitrogen functional groups attached to an aromatic ring is 1. The van der Waals surface area contributed by atoms with Gasteiger partial charge >= 0.3 is 0 Å². The van der Waals surface area contributed by atoms with Gasteiger partial charge in [-0.2, -0.15) is 0 Å². The Balaban J connectivity index is 1.01. The van der Waals surface area contributed by atoms with Crippen molar-refractivity contribution in [3.63, 3.8) is 0 Å². The number of carbonyl (C=O) groups is 5. The van der Waals surface area contributed by atoms with Gasteiger partial charge in [-0.1, -0.05) is 24.3 Å². The number of piperidine rings is 1. The summed E-state index contributed by atoms with van der Waals surface area (Å²) in [5.41, 5.74) is 8.83. The summed E-state index contributed by atoms with van der Waals surface area (Å²) in [6, 6.07) is 12.6. The van der Waals surface area contributed by atoms with E-state index in [1.54, 1.807) is 30.3 Å². The minimum atomic E-state index is -1.05. The molecule has 0 aliphatic carbocycles. The number of hydrogen-bond donors (Lipinski definition) is 3. The van der Waals surface area contributed by atoms with Crippen LogP contribution in [0.4, 0.5) is 11.5 Å². The smallest absolute Gasteiger partial charge is 0.262 e. The molecule has 2 fully saturated rings. The average molecular weight is 612 g/mol. The number of amides is 4. The third kappa shape index (κ3) is 5.98. The Labute approximate surface area is 259 Å². The molecular formula is C32H33N7O6. The van der Waals surface area contributed by atoms with Crippen molar-refractivity contribution in [2.24, 2.45) is 0 Å². The van der Waals surface area contributed by atoms with Crippen molar-refractivity contribution in [1.29, 1.82) is 0 Å². The summed E-state index contributed by atoms with van der Waals surface area (Å²) in [6.07, 6.45) is 1.07. The topological polar surface area (TPSA) is 179 Å². The Morgan fingerprint density at radius 1 is 0.956 bits per heavy atom. The van der Waals surface area contributed by atoms with E-state index >= 15 is 0 Å². The lowest BCUT2D eigenvalue weighted by Crippen LogP contribution is -2.54. The van der Waals surface area contributed by atoms with Gasteiger partial charge in [-0.25, -0.2) is 0 Å². The summed E-state index contributed by atoms with van der Waals surface area (Å²) in [7, 11) is 0. The van der Waals surface area contributed by atoms with E-state index in [0.717, 1.165) is 30.2 Å². The number of ketones is 1. The van der Waals surface area contributed by atoms with Gasteiger partial charge in [-0.15, -0.1) is 10.2 Å². The third-order valence-electron chi connectivity index (χ3n) is 8.57. The second-order valence-corrected chi connectivity index (χ2v) is 11.5. The first kappa shape index (κ1) is 29.9. The van der Waals surface area contributed by atoms with Crippen LogP contribution in [0.5, 0.6) is 5.75 Å². The normalized spacial score (nSPS) is 18.7. The van der Waals surface area contributed by atoms with Crippen LogP contribution in [0.15, 0.2) is 48.5 Å². The minimum absolute atomic E-state index is 0.00673. The van der Waals surface area contributed by atoms with Crippen LogP contribution >= 0.6 is 0 Å². The maximum absolute atomic E-state index is 13.3. The number of para-hydroxylation sites is 1. The number of aromatic nitrogens is 2. The number of hydrogen-bond acceptors (Lipinski definition) is 11. The number of rotatable bonds is 9. The number of phenols is 1. The maximum Gasteiger partial charge on any atom is 0.262 e. The first-order chi connectivity index (χ1) is 21.7. The highest BCUT2D eigenvalue weighted by atomic mass is 16.3. The van der Waals surface area contributed by atoms with Gasteiger partial charge in [0, 0.05) is 51.0 Å². The molecule has 1 aromatic heterocycles. The van der Waals surface area contributed by atoms with Crippen molar-refractivity contribution < 1.29 is 29.1 Å². The molecule has 0 spiro atoms. The van der Waals surface area contributed by atoms with Gasteiger partial charge in [-0.05, 0) is 49.2 Å². The van der Waals surface area contributed by atoms with Crippen LogP contribution in [-0.4, -0.2) is 93.3 Å². The first-order valence-corrected chi connectivity index (χ1v) is 15.0. The zero-order valence-corrected chi connectivity index (χ0v) is 24.6. The van der Waals surface area contributed by atoms with Gasteiger partial charge in [0.2, 0.25) is 11.8 Å². The van der Waals surface area contributed by atoms with Crippen molar-refractivity contribution in [1.82, 2.24) is 25.3 Å². The standard InChI is InChI=1S/C32H33N7O6/c33-29-25(18-23(35-36-29)21-7-1-2-9-26(21)41)38-15-13-37(14-16-38)12-4-6-20(40)17-19-5-3-8-22-28(19)32(45)39(31(22)44)24-10-11-27(42)34-30(24)43/h1-3,5,7-9,18,24,41H,4,6,10-17H2,(H2,33,36)(H,34,42,43). The Hall–Kier alpha value is -5.17. The Morgan fingerprint density at radius 2 is 1.71 bits per heavy atom. The van der Waals surface area contributed by atoms with Crippen molar-refractivity contribution in [3.8, 4) is 17.0 Å². The monoisotopic (exact) mass is 611 g/mol. The van der Waals surface area contributed by atoms with E-state index in [-0.39, 0.29) is 41.9 Å². The van der Waals surface area contributed by atoms with Crippen LogP contribution in [-0.2, 0) is 20.8 Å². The zero-order chi connectivity index (χ0) is 31.7. The summed E-state index contributed by atoms with van der Waals surface area (Å²) >= 11 is 0. The molecule has 2 aromatic carbocycles. The highest BCUT2D eigenvalue weighted by Crippen LogP contribution is 2.32. The van der Waals surface area contributed by atoms with Crippen LogP contribution < -0.4 is 16.0 Å². The molecule has 3 aliphatic heterocycles. The quantitative estimate of drug-likeness (QED) is 0.299. The van der Waals surface area contributed by atoms with E-state index in [1.807, 2.05) is 12.1 Å². The number of nitrogens with two attached hydrogens (primary N) is 1. The van der Waals surface area contributed by atoms with Gasteiger partial charge in [0.25, 0.3) is 11.8 Å². The zero-order valence-electron chi connectivity index (χ0n) is 24.6. The predicted molar refractivity (Wildman–Crippen MR) is 163 cm³/mol. The lowest BCUT2D eigenvalue weighted by atomic mass is 9.97. The number of imide groups is 2. The fourth-order valence-corrected chi connectivity index (χ4v) is 6.21. The van der Waals surface area contributed by atoms with E-state index in [9.17, 15) is 29.1 Å². The lowest BCUT2D eigenvalue weighted by Gasteiger charge is -2.36. The molecule has 232 valence electrons. The summed E-state index contributed by atoms with van der Waals surface area (Å²) in [5.74, 6) is -1.91. The molecule has 45 heavy (non-hydrogen) atoms.